The molecule has 2 bridgehead atoms. The number of amides is 3. The fourth-order valence-corrected chi connectivity index (χ4v) is 9.85. The van der Waals surface area contributed by atoms with Gasteiger partial charge in [-0.05, 0) is 38.5 Å². The number of thioether (sulfide) groups is 1. The summed E-state index contributed by atoms with van der Waals surface area (Å²) in [6, 6.07) is -0.355. The highest BCUT2D eigenvalue weighted by Gasteiger charge is 2.75. The summed E-state index contributed by atoms with van der Waals surface area (Å²) in [7, 11) is 1.62. The number of halogens is 1. The number of alkyl halides is 1. The summed E-state index contributed by atoms with van der Waals surface area (Å²) >= 11 is 5.45. The molecule has 7 nitrogen and oxygen atoms in total. The van der Waals surface area contributed by atoms with Gasteiger partial charge in [-0.1, -0.05) is 35.2 Å². The first-order valence-electron chi connectivity index (χ1n) is 11.7. The molecule has 0 aromatic heterocycles. The number of carbonyl (C=O) groups excluding carboxylic acids is 3. The van der Waals surface area contributed by atoms with Crippen LogP contribution in [0, 0.1) is 11.8 Å². The SMILES string of the molecule is CNC(=O)[C@H]1[C@@H]2SC3(CC2Br)C(C(=O)NC2CCCCC2)N(CCCCCO)C(=O)[C@H]13. The average molecular weight is 517 g/mol. The number of likely N-dealkylation sites (tertiary alicyclic amines) is 1. The first-order chi connectivity index (χ1) is 14.9. The number of aliphatic hydroxyl groups is 1. The zero-order valence-electron chi connectivity index (χ0n) is 18.1. The van der Waals surface area contributed by atoms with Crippen molar-refractivity contribution in [2.75, 3.05) is 20.2 Å². The molecule has 1 saturated carbocycles. The normalized spacial score (nSPS) is 37.2. The van der Waals surface area contributed by atoms with Crippen LogP contribution in [0.1, 0.15) is 57.8 Å². The molecule has 1 aliphatic carbocycles. The first kappa shape index (κ1) is 23.4. The van der Waals surface area contributed by atoms with Gasteiger partial charge >= 0.3 is 0 Å². The van der Waals surface area contributed by atoms with Gasteiger partial charge in [0.05, 0.1) is 16.6 Å². The zero-order chi connectivity index (χ0) is 22.2. The fraction of sp³-hybridized carbons (Fsp3) is 0.864. The van der Waals surface area contributed by atoms with Crippen molar-refractivity contribution < 1.29 is 19.5 Å². The van der Waals surface area contributed by atoms with E-state index in [1.54, 1.807) is 23.7 Å². The molecule has 3 amide bonds. The molecule has 3 aliphatic heterocycles. The maximum atomic E-state index is 13.7. The molecule has 0 aromatic rings. The average Bonchev–Trinajstić information content (AvgIpc) is 3.35. The van der Waals surface area contributed by atoms with Gasteiger partial charge in [0, 0.05) is 36.3 Å². The highest BCUT2D eigenvalue weighted by atomic mass is 79.9. The minimum Gasteiger partial charge on any atom is -0.396 e. The number of carbonyl (C=O) groups is 3. The maximum absolute atomic E-state index is 13.7. The molecular weight excluding hydrogens is 482 g/mol. The molecule has 4 fully saturated rings. The lowest BCUT2D eigenvalue weighted by molar-refractivity contribution is -0.140. The predicted octanol–water partition coefficient (Wildman–Crippen LogP) is 1.81. The summed E-state index contributed by atoms with van der Waals surface area (Å²) < 4.78 is -0.553. The predicted molar refractivity (Wildman–Crippen MR) is 124 cm³/mol. The number of unbranched alkanes of at least 4 members (excludes halogenated alkanes) is 2. The summed E-state index contributed by atoms with van der Waals surface area (Å²) in [5, 5.41) is 15.1. The molecule has 9 heteroatoms. The van der Waals surface area contributed by atoms with Gasteiger partial charge in [0.15, 0.2) is 0 Å². The molecule has 0 radical (unpaired) electrons. The zero-order valence-corrected chi connectivity index (χ0v) is 20.6. The number of fused-ring (bicyclic) bond motifs is 1. The van der Waals surface area contributed by atoms with Crippen molar-refractivity contribution >= 4 is 45.4 Å². The molecule has 4 rings (SSSR count). The third kappa shape index (κ3) is 4.03. The Hall–Kier alpha value is -0.800. The molecular formula is C22H34BrN3O4S. The third-order valence-electron chi connectivity index (χ3n) is 7.60. The smallest absolute Gasteiger partial charge is 0.244 e. The van der Waals surface area contributed by atoms with Crippen LogP contribution >= 0.6 is 27.7 Å². The molecule has 4 aliphatic rings. The van der Waals surface area contributed by atoms with Crippen molar-refractivity contribution in [3.63, 3.8) is 0 Å². The Bertz CT molecular complexity index is 719. The van der Waals surface area contributed by atoms with Crippen molar-refractivity contribution in [1.29, 1.82) is 0 Å². The molecule has 3 saturated heterocycles. The Morgan fingerprint density at radius 3 is 2.61 bits per heavy atom. The topological polar surface area (TPSA) is 98.7 Å². The van der Waals surface area contributed by atoms with Gasteiger partial charge in [0.25, 0.3) is 0 Å². The third-order valence-corrected chi connectivity index (χ3v) is 10.8. The number of nitrogens with zero attached hydrogens (tertiary/aromatic N) is 1. The fourth-order valence-electron chi connectivity index (χ4n) is 6.23. The van der Waals surface area contributed by atoms with Crippen LogP contribution in [0.3, 0.4) is 0 Å². The Kier molecular flexibility index (Phi) is 7.23. The van der Waals surface area contributed by atoms with Gasteiger partial charge in [0.1, 0.15) is 6.04 Å². The van der Waals surface area contributed by atoms with Crippen LogP contribution in [-0.4, -0.2) is 74.8 Å². The Balaban J connectivity index is 1.62. The van der Waals surface area contributed by atoms with E-state index < -0.39 is 22.6 Å². The molecule has 31 heavy (non-hydrogen) atoms. The Morgan fingerprint density at radius 1 is 1.19 bits per heavy atom. The molecule has 1 spiro atoms. The van der Waals surface area contributed by atoms with Crippen LogP contribution in [0.4, 0.5) is 0 Å². The summed E-state index contributed by atoms with van der Waals surface area (Å²) in [6.45, 7) is 0.631. The van der Waals surface area contributed by atoms with Crippen molar-refractivity contribution in [2.24, 2.45) is 11.8 Å². The minimum absolute atomic E-state index is 0.00965. The van der Waals surface area contributed by atoms with Crippen LogP contribution in [0.5, 0.6) is 0 Å². The lowest BCUT2D eigenvalue weighted by Gasteiger charge is -2.36. The number of hydrogen-bond donors (Lipinski definition) is 3. The number of hydrogen-bond acceptors (Lipinski definition) is 5. The van der Waals surface area contributed by atoms with E-state index in [9.17, 15) is 14.4 Å². The largest absolute Gasteiger partial charge is 0.396 e. The van der Waals surface area contributed by atoms with Gasteiger partial charge in [-0.2, -0.15) is 0 Å². The molecule has 0 aromatic carbocycles. The highest BCUT2D eigenvalue weighted by Crippen LogP contribution is 2.67. The lowest BCUT2D eigenvalue weighted by Crippen LogP contribution is -2.56. The number of aliphatic hydroxyl groups excluding tert-OH is 1. The van der Waals surface area contributed by atoms with E-state index in [0.29, 0.717) is 13.0 Å². The first-order valence-corrected chi connectivity index (χ1v) is 13.5. The molecule has 6 atom stereocenters. The molecule has 3 unspecified atom stereocenters. The van der Waals surface area contributed by atoms with Crippen LogP contribution in [0.25, 0.3) is 0 Å². The van der Waals surface area contributed by atoms with E-state index in [-0.39, 0.29) is 40.4 Å². The van der Waals surface area contributed by atoms with Crippen LogP contribution in [0.15, 0.2) is 0 Å². The summed E-state index contributed by atoms with van der Waals surface area (Å²) in [6.07, 6.45) is 8.45. The van der Waals surface area contributed by atoms with Gasteiger partial charge in [-0.3, -0.25) is 14.4 Å². The van der Waals surface area contributed by atoms with E-state index in [0.717, 1.165) is 44.9 Å². The summed E-state index contributed by atoms with van der Waals surface area (Å²) in [4.78, 5) is 42.0. The standard InChI is InChI=1S/C22H34BrN3O4S/c1-24-19(28)15-16-21(30)26(10-6-3-7-11-27)18(22(16)12-14(23)17(15)31-22)20(29)25-13-8-4-2-5-9-13/h13-18,27H,2-12H2,1H3,(H,24,28)(H,25,29)/t14?,15-,16+,17-,18?,22?/m1/s1. The van der Waals surface area contributed by atoms with Gasteiger partial charge in [-0.15, -0.1) is 11.8 Å². The second kappa shape index (κ2) is 9.59. The summed E-state index contributed by atoms with van der Waals surface area (Å²) in [5.74, 6) is -1.05. The van der Waals surface area contributed by atoms with E-state index in [2.05, 4.69) is 26.6 Å². The van der Waals surface area contributed by atoms with Crippen molar-refractivity contribution in [3.05, 3.63) is 0 Å². The number of nitrogens with one attached hydrogen (secondary N) is 2. The quantitative estimate of drug-likeness (QED) is 0.338. The highest BCUT2D eigenvalue weighted by molar-refractivity contribution is 9.09. The summed E-state index contributed by atoms with van der Waals surface area (Å²) in [5.41, 5.74) is 0. The van der Waals surface area contributed by atoms with Gasteiger partial charge in [-0.25, -0.2) is 0 Å². The lowest BCUT2D eigenvalue weighted by atomic mass is 9.70. The van der Waals surface area contributed by atoms with E-state index in [4.69, 9.17) is 5.11 Å². The van der Waals surface area contributed by atoms with Crippen LogP contribution < -0.4 is 10.6 Å². The van der Waals surface area contributed by atoms with Gasteiger partial charge in [0.2, 0.25) is 17.7 Å². The second-order valence-electron chi connectivity index (χ2n) is 9.44. The molecule has 3 N–H and O–H groups in total. The molecule has 3 heterocycles. The van der Waals surface area contributed by atoms with Gasteiger partial charge < -0.3 is 20.6 Å². The van der Waals surface area contributed by atoms with Crippen molar-refractivity contribution in [2.45, 2.75) is 84.7 Å². The monoisotopic (exact) mass is 515 g/mol. The van der Waals surface area contributed by atoms with Crippen LogP contribution in [0.2, 0.25) is 0 Å². The molecule has 174 valence electrons. The van der Waals surface area contributed by atoms with E-state index in [1.807, 2.05) is 0 Å². The second-order valence-corrected chi connectivity index (χ2v) is 12.2. The minimum atomic E-state index is -0.553. The number of rotatable bonds is 8. The van der Waals surface area contributed by atoms with E-state index >= 15 is 0 Å². The van der Waals surface area contributed by atoms with Crippen molar-refractivity contribution in [3.8, 4) is 0 Å². The maximum Gasteiger partial charge on any atom is 0.244 e. The Morgan fingerprint density at radius 2 is 1.94 bits per heavy atom. The van der Waals surface area contributed by atoms with Crippen LogP contribution in [-0.2, 0) is 14.4 Å². The Labute approximate surface area is 197 Å². The van der Waals surface area contributed by atoms with E-state index in [1.165, 1.54) is 6.42 Å². The van der Waals surface area contributed by atoms with Crippen molar-refractivity contribution in [1.82, 2.24) is 15.5 Å².